The van der Waals surface area contributed by atoms with Crippen LogP contribution in [0.5, 0.6) is 0 Å². The van der Waals surface area contributed by atoms with Gasteiger partial charge in [0.25, 0.3) is 0 Å². The highest BCUT2D eigenvalue weighted by Gasteiger charge is 2.29. The smallest absolute Gasteiger partial charge is 0.385 e. The van der Waals surface area contributed by atoms with E-state index >= 15 is 0 Å². The molecule has 0 saturated carbocycles. The van der Waals surface area contributed by atoms with Gasteiger partial charge >= 0.3 is 6.18 Å². The van der Waals surface area contributed by atoms with Crippen molar-refractivity contribution in [2.45, 2.75) is 19.5 Å². The number of benzene rings is 1. The van der Waals surface area contributed by atoms with Crippen LogP contribution in [0.1, 0.15) is 18.9 Å². The van der Waals surface area contributed by atoms with Gasteiger partial charge in [-0.05, 0) is 24.3 Å². The molecule has 1 N–H and O–H groups in total. The van der Waals surface area contributed by atoms with Gasteiger partial charge in [0.05, 0.1) is 5.56 Å². The number of carbonyl (C=O) groups excluding carboxylic acids is 2. The fourth-order valence-electron chi connectivity index (χ4n) is 2.52. The molecule has 1 aromatic carbocycles. The second kappa shape index (κ2) is 7.55. The highest BCUT2D eigenvalue weighted by atomic mass is 19.4. The van der Waals surface area contributed by atoms with Crippen LogP contribution in [0, 0.1) is 0 Å². The van der Waals surface area contributed by atoms with E-state index in [9.17, 15) is 22.8 Å². The number of nitrogens with zero attached hydrogens (tertiary/aromatic N) is 2. The Bertz CT molecular complexity index is 579. The van der Waals surface area contributed by atoms with Crippen molar-refractivity contribution < 1.29 is 22.8 Å². The molecule has 0 aromatic heterocycles. The molecule has 0 spiro atoms. The monoisotopic (exact) mass is 343 g/mol. The standard InChI is InChI=1S/C16H20F3N3O2/c1-12(23)21-8-10-22(11-9-21)15(24)6-7-20-14-4-2-13(3-5-14)16(17,18)19/h2-5,20H,6-11H2,1H3. The Morgan fingerprint density at radius 2 is 1.58 bits per heavy atom. The van der Waals surface area contributed by atoms with Gasteiger partial charge < -0.3 is 15.1 Å². The average Bonchev–Trinajstić information content (AvgIpc) is 2.54. The third-order valence-electron chi connectivity index (χ3n) is 3.96. The first-order valence-corrected chi connectivity index (χ1v) is 7.72. The van der Waals surface area contributed by atoms with Gasteiger partial charge in [-0.25, -0.2) is 0 Å². The van der Waals surface area contributed by atoms with Crippen LogP contribution in [0.4, 0.5) is 18.9 Å². The summed E-state index contributed by atoms with van der Waals surface area (Å²) in [5, 5.41) is 2.94. The van der Waals surface area contributed by atoms with Crippen molar-refractivity contribution in [2.75, 3.05) is 38.0 Å². The van der Waals surface area contributed by atoms with E-state index in [0.717, 1.165) is 12.1 Å². The molecule has 1 aliphatic heterocycles. The van der Waals surface area contributed by atoms with E-state index in [0.29, 0.717) is 38.4 Å². The lowest BCUT2D eigenvalue weighted by atomic mass is 10.2. The van der Waals surface area contributed by atoms with Crippen molar-refractivity contribution in [3.05, 3.63) is 29.8 Å². The number of piperazine rings is 1. The molecule has 1 heterocycles. The first kappa shape index (κ1) is 18.1. The maximum absolute atomic E-state index is 12.5. The Labute approximate surface area is 138 Å². The molecule has 1 aliphatic rings. The topological polar surface area (TPSA) is 52.7 Å². The van der Waals surface area contributed by atoms with Crippen LogP contribution in [0.15, 0.2) is 24.3 Å². The zero-order valence-electron chi connectivity index (χ0n) is 13.4. The van der Waals surface area contributed by atoms with Gasteiger partial charge in [0, 0.05) is 51.8 Å². The van der Waals surface area contributed by atoms with Gasteiger partial charge in [0.1, 0.15) is 0 Å². The molecule has 0 bridgehead atoms. The molecule has 2 amide bonds. The number of hydrogen-bond donors (Lipinski definition) is 1. The Balaban J connectivity index is 1.74. The molecule has 1 fully saturated rings. The molecule has 132 valence electrons. The predicted molar refractivity (Wildman–Crippen MR) is 83.4 cm³/mol. The van der Waals surface area contributed by atoms with E-state index in [-0.39, 0.29) is 18.2 Å². The van der Waals surface area contributed by atoms with Crippen molar-refractivity contribution >= 4 is 17.5 Å². The van der Waals surface area contributed by atoms with Crippen LogP contribution in [0.2, 0.25) is 0 Å². The van der Waals surface area contributed by atoms with Gasteiger partial charge in [-0.1, -0.05) is 0 Å². The van der Waals surface area contributed by atoms with Crippen LogP contribution < -0.4 is 5.32 Å². The van der Waals surface area contributed by atoms with Crippen molar-refractivity contribution in [1.29, 1.82) is 0 Å². The molecule has 0 unspecified atom stereocenters. The van der Waals surface area contributed by atoms with E-state index in [4.69, 9.17) is 0 Å². The summed E-state index contributed by atoms with van der Waals surface area (Å²) in [6.07, 6.45) is -4.10. The Morgan fingerprint density at radius 3 is 2.08 bits per heavy atom. The zero-order chi connectivity index (χ0) is 17.7. The van der Waals surface area contributed by atoms with Crippen molar-refractivity contribution in [3.8, 4) is 0 Å². The molecular weight excluding hydrogens is 323 g/mol. The lowest BCUT2D eigenvalue weighted by molar-refractivity contribution is -0.138. The summed E-state index contributed by atoms with van der Waals surface area (Å²) in [7, 11) is 0. The molecule has 24 heavy (non-hydrogen) atoms. The molecule has 1 saturated heterocycles. The van der Waals surface area contributed by atoms with Crippen molar-refractivity contribution in [1.82, 2.24) is 9.80 Å². The number of alkyl halides is 3. The Hall–Kier alpha value is -2.25. The van der Waals surface area contributed by atoms with Gasteiger partial charge in [0.2, 0.25) is 11.8 Å². The second-order valence-corrected chi connectivity index (χ2v) is 5.64. The summed E-state index contributed by atoms with van der Waals surface area (Å²) in [5.74, 6) is -0.0244. The number of hydrogen-bond acceptors (Lipinski definition) is 3. The number of amides is 2. The lowest BCUT2D eigenvalue weighted by Crippen LogP contribution is -2.50. The van der Waals surface area contributed by atoms with Crippen LogP contribution >= 0.6 is 0 Å². The van der Waals surface area contributed by atoms with E-state index in [1.54, 1.807) is 9.80 Å². The molecular formula is C16H20F3N3O2. The number of rotatable bonds is 4. The molecule has 0 aliphatic carbocycles. The number of halogens is 3. The van der Waals surface area contributed by atoms with E-state index in [1.807, 2.05) is 0 Å². The molecule has 1 aromatic rings. The summed E-state index contributed by atoms with van der Waals surface area (Å²) in [6.45, 7) is 3.95. The van der Waals surface area contributed by atoms with E-state index < -0.39 is 11.7 Å². The molecule has 0 radical (unpaired) electrons. The second-order valence-electron chi connectivity index (χ2n) is 5.64. The Morgan fingerprint density at radius 1 is 1.04 bits per heavy atom. The van der Waals surface area contributed by atoms with E-state index in [2.05, 4.69) is 5.32 Å². The van der Waals surface area contributed by atoms with Crippen molar-refractivity contribution in [3.63, 3.8) is 0 Å². The maximum atomic E-state index is 12.5. The number of carbonyl (C=O) groups is 2. The molecule has 5 nitrogen and oxygen atoms in total. The lowest BCUT2D eigenvalue weighted by Gasteiger charge is -2.34. The first-order chi connectivity index (χ1) is 11.3. The fourth-order valence-corrected chi connectivity index (χ4v) is 2.52. The van der Waals surface area contributed by atoms with Crippen LogP contribution in [0.25, 0.3) is 0 Å². The minimum atomic E-state index is -4.35. The quantitative estimate of drug-likeness (QED) is 0.912. The van der Waals surface area contributed by atoms with Gasteiger partial charge in [-0.2, -0.15) is 13.2 Å². The molecule has 0 atom stereocenters. The van der Waals surface area contributed by atoms with E-state index in [1.165, 1.54) is 19.1 Å². The largest absolute Gasteiger partial charge is 0.416 e. The summed E-state index contributed by atoms with van der Waals surface area (Å²) < 4.78 is 37.4. The van der Waals surface area contributed by atoms with Gasteiger partial charge in [-0.15, -0.1) is 0 Å². The fraction of sp³-hybridized carbons (Fsp3) is 0.500. The third kappa shape index (κ3) is 4.87. The van der Waals surface area contributed by atoms with Crippen LogP contribution in [0.3, 0.4) is 0 Å². The maximum Gasteiger partial charge on any atom is 0.416 e. The highest BCUT2D eigenvalue weighted by molar-refractivity contribution is 5.78. The SMILES string of the molecule is CC(=O)N1CCN(C(=O)CCNc2ccc(C(F)(F)F)cc2)CC1. The summed E-state index contributed by atoms with van der Waals surface area (Å²) in [4.78, 5) is 26.7. The summed E-state index contributed by atoms with van der Waals surface area (Å²) >= 11 is 0. The first-order valence-electron chi connectivity index (χ1n) is 7.72. The predicted octanol–water partition coefficient (Wildman–Crippen LogP) is 2.20. The average molecular weight is 343 g/mol. The van der Waals surface area contributed by atoms with Gasteiger partial charge in [-0.3, -0.25) is 9.59 Å². The van der Waals surface area contributed by atoms with Gasteiger partial charge in [0.15, 0.2) is 0 Å². The minimum Gasteiger partial charge on any atom is -0.385 e. The summed E-state index contributed by atoms with van der Waals surface area (Å²) in [5.41, 5.74) is -0.162. The molecule has 2 rings (SSSR count). The normalized spacial score (nSPS) is 15.3. The Kier molecular flexibility index (Phi) is 5.69. The zero-order valence-corrected chi connectivity index (χ0v) is 13.4. The summed E-state index contributed by atoms with van der Waals surface area (Å²) in [6, 6.07) is 4.70. The third-order valence-corrected chi connectivity index (χ3v) is 3.96. The molecule has 8 heteroatoms. The number of nitrogens with one attached hydrogen (secondary N) is 1. The number of anilines is 1. The highest BCUT2D eigenvalue weighted by Crippen LogP contribution is 2.29. The van der Waals surface area contributed by atoms with Crippen LogP contribution in [-0.2, 0) is 15.8 Å². The van der Waals surface area contributed by atoms with Crippen LogP contribution in [-0.4, -0.2) is 54.3 Å². The minimum absolute atomic E-state index is 0.00562. The van der Waals surface area contributed by atoms with Crippen molar-refractivity contribution in [2.24, 2.45) is 0 Å².